The summed E-state index contributed by atoms with van der Waals surface area (Å²) in [6.45, 7) is 14.4. The third-order valence-corrected chi connectivity index (χ3v) is 5.14. The molecule has 0 bridgehead atoms. The second-order valence-electron chi connectivity index (χ2n) is 8.57. The normalized spacial score (nSPS) is 21.6. The molecule has 1 unspecified atom stereocenters. The third kappa shape index (κ3) is 6.87. The number of rotatable bonds is 6. The summed E-state index contributed by atoms with van der Waals surface area (Å²) in [6.07, 6.45) is 4.55. The molecule has 2 aliphatic rings. The number of nitrogens with zero attached hydrogens (tertiary/aromatic N) is 4. The largest absolute Gasteiger partial charge is 0.444 e. The van der Waals surface area contributed by atoms with E-state index in [-0.39, 0.29) is 6.09 Å². The van der Waals surface area contributed by atoms with Crippen molar-refractivity contribution in [1.29, 1.82) is 0 Å². The molecule has 0 aromatic rings. The van der Waals surface area contributed by atoms with Crippen molar-refractivity contribution in [2.24, 2.45) is 4.99 Å². The van der Waals surface area contributed by atoms with E-state index in [0.29, 0.717) is 25.7 Å². The predicted octanol–water partition coefficient (Wildman–Crippen LogP) is 2.38. The third-order valence-electron chi connectivity index (χ3n) is 5.14. The highest BCUT2D eigenvalue weighted by atomic mass is 16.6. The fourth-order valence-electron chi connectivity index (χ4n) is 3.86. The standard InChI is InChI=1S/C20H39N5O2/c1-6-11-24(19(26)27-20(2,3)4)15-10-22-18(21-5)25-14-9-17(16-25)23-12-7-8-13-23/h17H,6-16H2,1-5H3,(H,21,22). The van der Waals surface area contributed by atoms with Gasteiger partial charge in [0.1, 0.15) is 5.60 Å². The summed E-state index contributed by atoms with van der Waals surface area (Å²) in [7, 11) is 1.84. The molecule has 0 aliphatic carbocycles. The van der Waals surface area contributed by atoms with Gasteiger partial charge >= 0.3 is 6.09 Å². The van der Waals surface area contributed by atoms with Crippen LogP contribution in [-0.2, 0) is 4.74 Å². The maximum absolute atomic E-state index is 12.4. The summed E-state index contributed by atoms with van der Waals surface area (Å²) in [4.78, 5) is 23.6. The minimum atomic E-state index is -0.466. The van der Waals surface area contributed by atoms with E-state index < -0.39 is 5.60 Å². The van der Waals surface area contributed by atoms with Crippen LogP contribution in [0.3, 0.4) is 0 Å². The molecule has 7 heteroatoms. The Hall–Kier alpha value is -1.50. The van der Waals surface area contributed by atoms with Crippen molar-refractivity contribution in [3.8, 4) is 0 Å². The van der Waals surface area contributed by atoms with E-state index in [4.69, 9.17) is 4.74 Å². The van der Waals surface area contributed by atoms with Gasteiger partial charge in [0.15, 0.2) is 5.96 Å². The SMILES string of the molecule is CCCN(CCNC(=NC)N1CCC(N2CCCC2)C1)C(=O)OC(C)(C)C. The van der Waals surface area contributed by atoms with Gasteiger partial charge in [0.05, 0.1) is 0 Å². The van der Waals surface area contributed by atoms with Crippen LogP contribution in [0, 0.1) is 0 Å². The van der Waals surface area contributed by atoms with Gasteiger partial charge in [0, 0.05) is 45.8 Å². The molecule has 7 nitrogen and oxygen atoms in total. The molecule has 1 atom stereocenters. The Kier molecular flexibility index (Phi) is 8.20. The van der Waals surface area contributed by atoms with E-state index in [2.05, 4.69) is 27.0 Å². The van der Waals surface area contributed by atoms with Crippen molar-refractivity contribution < 1.29 is 9.53 Å². The van der Waals surface area contributed by atoms with Gasteiger partial charge in [0.2, 0.25) is 0 Å². The fourth-order valence-corrected chi connectivity index (χ4v) is 3.86. The molecule has 156 valence electrons. The van der Waals surface area contributed by atoms with Crippen LogP contribution >= 0.6 is 0 Å². The molecule has 2 rings (SSSR count). The molecule has 2 saturated heterocycles. The molecule has 1 N–H and O–H groups in total. The second kappa shape index (κ2) is 10.2. The Morgan fingerprint density at radius 1 is 1.22 bits per heavy atom. The lowest BCUT2D eigenvalue weighted by Crippen LogP contribution is -2.46. The number of hydrogen-bond acceptors (Lipinski definition) is 4. The zero-order valence-electron chi connectivity index (χ0n) is 18.0. The highest BCUT2D eigenvalue weighted by molar-refractivity contribution is 5.80. The van der Waals surface area contributed by atoms with Crippen molar-refractivity contribution in [2.45, 2.75) is 65.0 Å². The Balaban J connectivity index is 1.79. The topological polar surface area (TPSA) is 60.4 Å². The first-order valence-electron chi connectivity index (χ1n) is 10.5. The first kappa shape index (κ1) is 21.8. The Morgan fingerprint density at radius 2 is 1.93 bits per heavy atom. The summed E-state index contributed by atoms with van der Waals surface area (Å²) >= 11 is 0. The second-order valence-corrected chi connectivity index (χ2v) is 8.57. The molecule has 0 saturated carbocycles. The Morgan fingerprint density at radius 3 is 2.52 bits per heavy atom. The van der Waals surface area contributed by atoms with Crippen LogP contribution in [0.1, 0.15) is 53.4 Å². The maximum Gasteiger partial charge on any atom is 0.410 e. The van der Waals surface area contributed by atoms with Gasteiger partial charge < -0.3 is 19.9 Å². The summed E-state index contributed by atoms with van der Waals surface area (Å²) in [5.41, 5.74) is -0.466. The number of carbonyl (C=O) groups is 1. The number of carbonyl (C=O) groups excluding carboxylic acids is 1. The average molecular weight is 382 g/mol. The molecule has 1 amide bonds. The van der Waals surface area contributed by atoms with E-state index >= 15 is 0 Å². The van der Waals surface area contributed by atoms with Crippen molar-refractivity contribution in [1.82, 2.24) is 20.0 Å². The molecule has 0 radical (unpaired) electrons. The summed E-state index contributed by atoms with van der Waals surface area (Å²) in [5.74, 6) is 0.942. The zero-order valence-corrected chi connectivity index (χ0v) is 18.0. The lowest BCUT2D eigenvalue weighted by molar-refractivity contribution is 0.0253. The van der Waals surface area contributed by atoms with E-state index in [0.717, 1.165) is 25.5 Å². The maximum atomic E-state index is 12.4. The lowest BCUT2D eigenvalue weighted by Gasteiger charge is -2.28. The van der Waals surface area contributed by atoms with E-state index in [1.807, 2.05) is 27.8 Å². The van der Waals surface area contributed by atoms with Crippen LogP contribution in [-0.4, -0.2) is 91.3 Å². The van der Waals surface area contributed by atoms with Crippen LogP contribution in [0.4, 0.5) is 4.79 Å². The number of likely N-dealkylation sites (tertiary alicyclic amines) is 2. The van der Waals surface area contributed by atoms with Gasteiger partial charge in [-0.2, -0.15) is 0 Å². The van der Waals surface area contributed by atoms with Gasteiger partial charge in [-0.1, -0.05) is 6.92 Å². The van der Waals surface area contributed by atoms with Crippen molar-refractivity contribution in [2.75, 3.05) is 52.9 Å². The van der Waals surface area contributed by atoms with Gasteiger partial charge in [-0.25, -0.2) is 4.79 Å². The number of ether oxygens (including phenoxy) is 1. The number of nitrogens with one attached hydrogen (secondary N) is 1. The highest BCUT2D eigenvalue weighted by Crippen LogP contribution is 2.20. The predicted molar refractivity (Wildman–Crippen MR) is 110 cm³/mol. The molecule has 2 heterocycles. The number of hydrogen-bond donors (Lipinski definition) is 1. The summed E-state index contributed by atoms with van der Waals surface area (Å²) in [6, 6.07) is 0.657. The molecular formula is C20H39N5O2. The molecule has 2 aliphatic heterocycles. The molecule has 0 aromatic heterocycles. The first-order valence-corrected chi connectivity index (χ1v) is 10.5. The van der Waals surface area contributed by atoms with E-state index in [1.54, 1.807) is 4.90 Å². The van der Waals surface area contributed by atoms with Gasteiger partial charge in [0.25, 0.3) is 0 Å². The first-order chi connectivity index (χ1) is 12.8. The molecule has 2 fully saturated rings. The van der Waals surface area contributed by atoms with Crippen molar-refractivity contribution in [3.05, 3.63) is 0 Å². The number of aliphatic imine (C=N–C) groups is 1. The fraction of sp³-hybridized carbons (Fsp3) is 0.900. The van der Waals surface area contributed by atoms with Crippen molar-refractivity contribution >= 4 is 12.1 Å². The monoisotopic (exact) mass is 381 g/mol. The molecule has 0 aromatic carbocycles. The zero-order chi connectivity index (χ0) is 19.9. The molecular weight excluding hydrogens is 342 g/mol. The lowest BCUT2D eigenvalue weighted by atomic mass is 10.2. The minimum absolute atomic E-state index is 0.239. The number of amides is 1. The van der Waals surface area contributed by atoms with E-state index in [1.165, 1.54) is 32.4 Å². The van der Waals surface area contributed by atoms with Crippen LogP contribution in [0.2, 0.25) is 0 Å². The molecule has 27 heavy (non-hydrogen) atoms. The smallest absolute Gasteiger partial charge is 0.410 e. The van der Waals surface area contributed by atoms with Gasteiger partial charge in [-0.05, 0) is 59.5 Å². The minimum Gasteiger partial charge on any atom is -0.444 e. The number of guanidine groups is 1. The summed E-state index contributed by atoms with van der Waals surface area (Å²) in [5, 5.41) is 3.44. The Bertz CT molecular complexity index is 497. The summed E-state index contributed by atoms with van der Waals surface area (Å²) < 4.78 is 5.52. The van der Waals surface area contributed by atoms with Gasteiger partial charge in [-0.15, -0.1) is 0 Å². The molecule has 0 spiro atoms. The van der Waals surface area contributed by atoms with Gasteiger partial charge in [-0.3, -0.25) is 9.89 Å². The van der Waals surface area contributed by atoms with E-state index in [9.17, 15) is 4.79 Å². The van der Waals surface area contributed by atoms with Crippen molar-refractivity contribution in [3.63, 3.8) is 0 Å². The highest BCUT2D eigenvalue weighted by Gasteiger charge is 2.30. The Labute approximate surface area is 165 Å². The quantitative estimate of drug-likeness (QED) is 0.565. The van der Waals surface area contributed by atoms with Crippen LogP contribution in [0.25, 0.3) is 0 Å². The van der Waals surface area contributed by atoms with Crippen LogP contribution < -0.4 is 5.32 Å². The average Bonchev–Trinajstić information content (AvgIpc) is 3.27. The van der Waals surface area contributed by atoms with Crippen LogP contribution in [0.15, 0.2) is 4.99 Å². The van der Waals surface area contributed by atoms with Crippen LogP contribution in [0.5, 0.6) is 0 Å².